The van der Waals surface area contributed by atoms with Gasteiger partial charge in [-0.05, 0) is 25.2 Å². The highest BCUT2D eigenvalue weighted by Crippen LogP contribution is 2.28. The lowest BCUT2D eigenvalue weighted by molar-refractivity contribution is -0.142. The average Bonchev–Trinajstić information content (AvgIpc) is 3.13. The van der Waals surface area contributed by atoms with Crippen molar-refractivity contribution < 1.29 is 14.3 Å². The number of rotatable bonds is 6. The van der Waals surface area contributed by atoms with Gasteiger partial charge in [-0.15, -0.1) is 11.3 Å². The van der Waals surface area contributed by atoms with E-state index in [-0.39, 0.29) is 23.5 Å². The zero-order valence-corrected chi connectivity index (χ0v) is 17.6. The van der Waals surface area contributed by atoms with Gasteiger partial charge in [0.15, 0.2) is 5.17 Å². The third-order valence-corrected chi connectivity index (χ3v) is 6.36. The number of amides is 1. The Kier molecular flexibility index (Phi) is 6.88. The average molecular weight is 411 g/mol. The molecule has 1 N–H and O–H groups in total. The minimum Gasteiger partial charge on any atom is -0.466 e. The molecular formula is C18H26N4O3S2. The molecule has 9 heteroatoms. The first-order valence-corrected chi connectivity index (χ1v) is 11.1. The quantitative estimate of drug-likeness (QED) is 0.725. The molecule has 0 radical (unpaired) electrons. The monoisotopic (exact) mass is 410 g/mol. The zero-order chi connectivity index (χ0) is 19.4. The van der Waals surface area contributed by atoms with Gasteiger partial charge in [-0.1, -0.05) is 25.6 Å². The fraction of sp³-hybridized carbons (Fsp3) is 0.667. The van der Waals surface area contributed by atoms with E-state index >= 15 is 0 Å². The predicted octanol–water partition coefficient (Wildman–Crippen LogP) is 2.45. The smallest absolute Gasteiger partial charge is 0.311 e. The summed E-state index contributed by atoms with van der Waals surface area (Å²) in [5.74, 6) is 1.05. The highest BCUT2D eigenvalue weighted by atomic mass is 32.2. The van der Waals surface area contributed by atoms with E-state index in [2.05, 4.69) is 34.0 Å². The summed E-state index contributed by atoms with van der Waals surface area (Å²) in [5, 5.41) is 5.64. The second-order valence-corrected chi connectivity index (χ2v) is 9.31. The van der Waals surface area contributed by atoms with Gasteiger partial charge in [-0.3, -0.25) is 9.59 Å². The van der Waals surface area contributed by atoms with Crippen LogP contribution in [0.1, 0.15) is 32.9 Å². The predicted molar refractivity (Wildman–Crippen MR) is 108 cm³/mol. The maximum Gasteiger partial charge on any atom is 0.311 e. The summed E-state index contributed by atoms with van der Waals surface area (Å²) >= 11 is 2.82. The SMILES string of the molecule is CCOC(=O)Cc1csc(/N=C2\NC(=O)C(CN3CC(C)CC(C)C3)S2)n1. The molecule has 2 aliphatic heterocycles. The number of nitrogens with one attached hydrogen (secondary N) is 1. The fourth-order valence-electron chi connectivity index (χ4n) is 3.63. The van der Waals surface area contributed by atoms with Crippen LogP contribution in [0.15, 0.2) is 10.4 Å². The summed E-state index contributed by atoms with van der Waals surface area (Å²) < 4.78 is 4.93. The minimum absolute atomic E-state index is 0.00735. The lowest BCUT2D eigenvalue weighted by atomic mass is 9.92. The van der Waals surface area contributed by atoms with Gasteiger partial charge in [-0.2, -0.15) is 4.99 Å². The van der Waals surface area contributed by atoms with Gasteiger partial charge in [0.05, 0.1) is 18.7 Å². The van der Waals surface area contributed by atoms with Gasteiger partial charge in [-0.25, -0.2) is 4.98 Å². The number of piperidine rings is 1. The van der Waals surface area contributed by atoms with Gasteiger partial charge in [0, 0.05) is 25.0 Å². The van der Waals surface area contributed by atoms with Crippen LogP contribution in [0.3, 0.4) is 0 Å². The van der Waals surface area contributed by atoms with E-state index in [0.29, 0.717) is 34.4 Å². The van der Waals surface area contributed by atoms with Crippen LogP contribution in [-0.4, -0.2) is 58.4 Å². The van der Waals surface area contributed by atoms with Crippen molar-refractivity contribution in [3.63, 3.8) is 0 Å². The molecule has 1 aromatic heterocycles. The fourth-order valence-corrected chi connectivity index (χ4v) is 5.40. The van der Waals surface area contributed by atoms with Crippen molar-refractivity contribution in [1.29, 1.82) is 0 Å². The summed E-state index contributed by atoms with van der Waals surface area (Å²) in [7, 11) is 0. The number of ether oxygens (including phenoxy) is 1. The third-order valence-electron chi connectivity index (χ3n) is 4.51. The van der Waals surface area contributed by atoms with E-state index in [4.69, 9.17) is 4.74 Å². The van der Waals surface area contributed by atoms with Crippen molar-refractivity contribution in [3.8, 4) is 0 Å². The van der Waals surface area contributed by atoms with Gasteiger partial charge in [0.25, 0.3) is 0 Å². The molecule has 3 atom stereocenters. The van der Waals surface area contributed by atoms with E-state index < -0.39 is 0 Å². The second kappa shape index (κ2) is 9.16. The molecule has 0 bridgehead atoms. The topological polar surface area (TPSA) is 83.9 Å². The number of carbonyl (C=O) groups excluding carboxylic acids is 2. The van der Waals surface area contributed by atoms with Crippen LogP contribution in [0.2, 0.25) is 0 Å². The number of carbonyl (C=O) groups is 2. The number of esters is 1. The van der Waals surface area contributed by atoms with E-state index in [1.54, 1.807) is 12.3 Å². The molecule has 0 aliphatic carbocycles. The summed E-state index contributed by atoms with van der Waals surface area (Å²) in [6, 6.07) is 0. The van der Waals surface area contributed by atoms with Crippen molar-refractivity contribution in [1.82, 2.24) is 15.2 Å². The molecular weight excluding hydrogens is 384 g/mol. The number of aliphatic imine (C=N–C) groups is 1. The molecule has 1 amide bonds. The molecule has 27 heavy (non-hydrogen) atoms. The lowest BCUT2D eigenvalue weighted by Gasteiger charge is -2.35. The Morgan fingerprint density at radius 2 is 2.15 bits per heavy atom. The molecule has 3 heterocycles. The number of thioether (sulfide) groups is 1. The summed E-state index contributed by atoms with van der Waals surface area (Å²) in [5.41, 5.74) is 0.639. The van der Waals surface area contributed by atoms with Crippen molar-refractivity contribution in [3.05, 3.63) is 11.1 Å². The first-order valence-electron chi connectivity index (χ1n) is 9.31. The number of aromatic nitrogens is 1. The van der Waals surface area contributed by atoms with Crippen LogP contribution in [0, 0.1) is 11.8 Å². The number of thiazole rings is 1. The highest BCUT2D eigenvalue weighted by Gasteiger charge is 2.33. The van der Waals surface area contributed by atoms with E-state index in [1.807, 2.05) is 0 Å². The van der Waals surface area contributed by atoms with Gasteiger partial charge in [0.2, 0.25) is 11.0 Å². The van der Waals surface area contributed by atoms with Gasteiger partial charge < -0.3 is 15.0 Å². The Labute approximate surface area is 168 Å². The maximum atomic E-state index is 12.3. The van der Waals surface area contributed by atoms with E-state index in [0.717, 1.165) is 19.6 Å². The normalized spacial score (nSPS) is 27.7. The van der Waals surface area contributed by atoms with Crippen molar-refractivity contribution >= 4 is 45.3 Å². The van der Waals surface area contributed by atoms with Gasteiger partial charge in [0.1, 0.15) is 5.25 Å². The summed E-state index contributed by atoms with van der Waals surface area (Å²) in [6.45, 7) is 9.52. The first-order chi connectivity index (χ1) is 12.9. The number of hydrogen-bond donors (Lipinski definition) is 1. The molecule has 2 saturated heterocycles. The molecule has 2 fully saturated rings. The second-order valence-electron chi connectivity index (χ2n) is 7.28. The third kappa shape index (κ3) is 5.76. The largest absolute Gasteiger partial charge is 0.466 e. The number of likely N-dealkylation sites (tertiary alicyclic amines) is 1. The number of nitrogens with zero attached hydrogens (tertiary/aromatic N) is 3. The Morgan fingerprint density at radius 1 is 1.41 bits per heavy atom. The maximum absolute atomic E-state index is 12.3. The Morgan fingerprint density at radius 3 is 2.85 bits per heavy atom. The molecule has 7 nitrogen and oxygen atoms in total. The Bertz CT molecular complexity index is 711. The molecule has 0 saturated carbocycles. The van der Waals surface area contributed by atoms with Crippen LogP contribution in [-0.2, 0) is 20.7 Å². The summed E-state index contributed by atoms with van der Waals surface area (Å²) in [6.07, 6.45) is 1.40. The summed E-state index contributed by atoms with van der Waals surface area (Å²) in [4.78, 5) is 35.0. The van der Waals surface area contributed by atoms with Gasteiger partial charge >= 0.3 is 5.97 Å². The molecule has 3 rings (SSSR count). The Hall–Kier alpha value is -1.45. The Balaban J connectivity index is 1.57. The van der Waals surface area contributed by atoms with Crippen LogP contribution in [0.4, 0.5) is 5.13 Å². The zero-order valence-electron chi connectivity index (χ0n) is 15.9. The standard InChI is InChI=1S/C18H26N4O3S2/c1-4-25-15(23)6-13-10-26-17(19-13)21-18-20-16(24)14(27-18)9-22-7-11(2)5-12(3)8-22/h10-12,14H,4-9H2,1-3H3,(H,19,20,21,24). The number of amidine groups is 1. The molecule has 0 aromatic carbocycles. The molecule has 0 spiro atoms. The van der Waals surface area contributed by atoms with E-state index in [1.165, 1.54) is 29.5 Å². The molecule has 148 valence electrons. The van der Waals surface area contributed by atoms with Crippen molar-refractivity contribution in [2.45, 2.75) is 38.9 Å². The minimum atomic E-state index is -0.296. The van der Waals surface area contributed by atoms with Crippen LogP contribution >= 0.6 is 23.1 Å². The first kappa shape index (κ1) is 20.3. The number of hydrogen-bond acceptors (Lipinski definition) is 8. The van der Waals surface area contributed by atoms with Crippen molar-refractivity contribution in [2.75, 3.05) is 26.2 Å². The molecule has 2 aliphatic rings. The van der Waals surface area contributed by atoms with Crippen LogP contribution in [0.25, 0.3) is 0 Å². The van der Waals surface area contributed by atoms with E-state index in [9.17, 15) is 9.59 Å². The van der Waals surface area contributed by atoms with Crippen molar-refractivity contribution in [2.24, 2.45) is 16.8 Å². The molecule has 3 unspecified atom stereocenters. The lowest BCUT2D eigenvalue weighted by Crippen LogP contribution is -2.43. The van der Waals surface area contributed by atoms with Crippen LogP contribution < -0.4 is 5.32 Å². The highest BCUT2D eigenvalue weighted by molar-refractivity contribution is 8.15. The van der Waals surface area contributed by atoms with Crippen LogP contribution in [0.5, 0.6) is 0 Å². The molecule has 1 aromatic rings.